The first-order valence-corrected chi connectivity index (χ1v) is 7.26. The summed E-state index contributed by atoms with van der Waals surface area (Å²) in [6.45, 7) is 1.63. The number of methoxy groups -OCH3 is 1. The maximum Gasteiger partial charge on any atom is 0.248 e. The average molecular weight is 297 g/mol. The van der Waals surface area contributed by atoms with Crippen molar-refractivity contribution in [3.05, 3.63) is 35.6 Å². The van der Waals surface area contributed by atoms with E-state index in [1.807, 2.05) is 0 Å². The number of benzene rings is 1. The smallest absolute Gasteiger partial charge is 0.248 e. The third-order valence-electron chi connectivity index (χ3n) is 2.73. The van der Waals surface area contributed by atoms with E-state index in [0.29, 0.717) is 5.75 Å². The molecule has 0 fully saturated rings. The molecule has 1 heterocycles. The van der Waals surface area contributed by atoms with E-state index in [1.165, 1.54) is 6.92 Å². The molecule has 2 rings (SSSR count). The first-order chi connectivity index (χ1) is 9.44. The van der Waals surface area contributed by atoms with Crippen LogP contribution in [0.5, 0.6) is 5.75 Å². The summed E-state index contributed by atoms with van der Waals surface area (Å²) < 4.78 is 36.5. The maximum atomic E-state index is 12.1. The summed E-state index contributed by atoms with van der Waals surface area (Å²) in [5.41, 5.74) is 6.29. The molecule has 0 amide bonds. The molecule has 0 saturated carbocycles. The third-order valence-corrected chi connectivity index (χ3v) is 4.29. The molecule has 8 heteroatoms. The van der Waals surface area contributed by atoms with Gasteiger partial charge in [0.2, 0.25) is 10.0 Å². The van der Waals surface area contributed by atoms with Crippen molar-refractivity contribution in [2.45, 2.75) is 18.4 Å². The van der Waals surface area contributed by atoms with E-state index in [0.717, 1.165) is 5.56 Å². The van der Waals surface area contributed by atoms with Crippen molar-refractivity contribution in [3.8, 4) is 5.75 Å². The number of nitrogen functional groups attached to an aromatic ring is 1. The topological polar surface area (TPSA) is 107 Å². The van der Waals surface area contributed by atoms with Crippen molar-refractivity contribution in [1.82, 2.24) is 9.88 Å². The molecule has 2 aromatic rings. The van der Waals surface area contributed by atoms with Gasteiger partial charge in [-0.2, -0.15) is 0 Å². The highest BCUT2D eigenvalue weighted by Gasteiger charge is 2.24. The SMILES string of the molecule is COc1ccc(CNS(=O)(=O)c2c(N)noc2C)cc1. The molecule has 20 heavy (non-hydrogen) atoms. The molecule has 0 radical (unpaired) electrons. The van der Waals surface area contributed by atoms with Crippen LogP contribution in [0.4, 0.5) is 5.82 Å². The van der Waals surface area contributed by atoms with Gasteiger partial charge in [0.1, 0.15) is 5.75 Å². The molecule has 0 aliphatic heterocycles. The van der Waals surface area contributed by atoms with Crippen molar-refractivity contribution in [1.29, 1.82) is 0 Å². The standard InChI is InChI=1S/C12H15N3O4S/c1-8-11(12(13)15-19-8)20(16,17)14-7-9-3-5-10(18-2)6-4-9/h3-6,14H,7H2,1-2H3,(H2,13,15). The second-order valence-corrected chi connectivity index (χ2v) is 5.83. The Kier molecular flexibility index (Phi) is 3.96. The Morgan fingerprint density at radius 1 is 1.35 bits per heavy atom. The minimum Gasteiger partial charge on any atom is -0.497 e. The van der Waals surface area contributed by atoms with E-state index in [2.05, 4.69) is 9.88 Å². The number of anilines is 1. The molecule has 0 aliphatic carbocycles. The van der Waals surface area contributed by atoms with Crippen LogP contribution in [0.15, 0.2) is 33.7 Å². The Morgan fingerprint density at radius 3 is 2.50 bits per heavy atom. The first-order valence-electron chi connectivity index (χ1n) is 5.78. The van der Waals surface area contributed by atoms with Gasteiger partial charge in [-0.1, -0.05) is 17.3 Å². The number of aromatic nitrogens is 1. The molecule has 0 spiro atoms. The summed E-state index contributed by atoms with van der Waals surface area (Å²) in [4.78, 5) is -0.119. The van der Waals surface area contributed by atoms with Gasteiger partial charge >= 0.3 is 0 Å². The number of nitrogens with one attached hydrogen (secondary N) is 1. The quantitative estimate of drug-likeness (QED) is 0.854. The fraction of sp³-hybridized carbons (Fsp3) is 0.250. The lowest BCUT2D eigenvalue weighted by Crippen LogP contribution is -2.24. The number of nitrogens with zero attached hydrogens (tertiary/aromatic N) is 1. The Hall–Kier alpha value is -2.06. The highest BCUT2D eigenvalue weighted by molar-refractivity contribution is 7.89. The second-order valence-electron chi connectivity index (χ2n) is 4.13. The van der Waals surface area contributed by atoms with E-state index in [1.54, 1.807) is 31.4 Å². The number of rotatable bonds is 5. The lowest BCUT2D eigenvalue weighted by Gasteiger charge is -2.06. The van der Waals surface area contributed by atoms with Crippen LogP contribution in [0, 0.1) is 6.92 Å². The lowest BCUT2D eigenvalue weighted by molar-refractivity contribution is 0.396. The Balaban J connectivity index is 2.13. The van der Waals surface area contributed by atoms with Crippen LogP contribution in [0.3, 0.4) is 0 Å². The van der Waals surface area contributed by atoms with Crippen LogP contribution in [-0.2, 0) is 16.6 Å². The fourth-order valence-electron chi connectivity index (χ4n) is 1.70. The van der Waals surface area contributed by atoms with Crippen molar-refractivity contribution in [2.24, 2.45) is 0 Å². The zero-order valence-electron chi connectivity index (χ0n) is 11.1. The summed E-state index contributed by atoms with van der Waals surface area (Å²) >= 11 is 0. The van der Waals surface area contributed by atoms with Crippen LogP contribution in [0.2, 0.25) is 0 Å². The van der Waals surface area contributed by atoms with E-state index in [4.69, 9.17) is 15.0 Å². The zero-order chi connectivity index (χ0) is 14.8. The Bertz CT molecular complexity index is 672. The Labute approximate surface area is 116 Å². The predicted molar refractivity (Wildman–Crippen MR) is 72.7 cm³/mol. The summed E-state index contributed by atoms with van der Waals surface area (Å²) in [7, 11) is -2.19. The van der Waals surface area contributed by atoms with Crippen LogP contribution in [0.1, 0.15) is 11.3 Å². The van der Waals surface area contributed by atoms with Gasteiger partial charge in [-0.3, -0.25) is 0 Å². The van der Waals surface area contributed by atoms with Gasteiger partial charge in [0.05, 0.1) is 7.11 Å². The molecule has 0 atom stereocenters. The molecule has 3 N–H and O–H groups in total. The summed E-state index contributed by atoms with van der Waals surface area (Å²) in [6, 6.07) is 7.04. The van der Waals surface area contributed by atoms with Gasteiger partial charge in [-0.25, -0.2) is 13.1 Å². The van der Waals surface area contributed by atoms with Gasteiger partial charge in [-0.05, 0) is 24.6 Å². The predicted octanol–water partition coefficient (Wildman–Crippen LogP) is 1.05. The molecule has 0 unspecified atom stereocenters. The average Bonchev–Trinajstić information content (AvgIpc) is 2.77. The minimum atomic E-state index is -3.75. The first kappa shape index (κ1) is 14.4. The van der Waals surface area contributed by atoms with Crippen molar-refractivity contribution in [3.63, 3.8) is 0 Å². The number of ether oxygens (including phenoxy) is 1. The molecule has 1 aromatic heterocycles. The zero-order valence-corrected chi connectivity index (χ0v) is 11.9. The van der Waals surface area contributed by atoms with Gasteiger partial charge in [-0.15, -0.1) is 0 Å². The molecular formula is C12H15N3O4S. The number of sulfonamides is 1. The summed E-state index contributed by atoms with van der Waals surface area (Å²) in [5.74, 6) is 0.713. The highest BCUT2D eigenvalue weighted by atomic mass is 32.2. The number of hydrogen-bond donors (Lipinski definition) is 2. The normalized spacial score (nSPS) is 11.5. The molecule has 0 saturated heterocycles. The molecule has 7 nitrogen and oxygen atoms in total. The van der Waals surface area contributed by atoms with E-state index in [-0.39, 0.29) is 23.0 Å². The van der Waals surface area contributed by atoms with E-state index >= 15 is 0 Å². The minimum absolute atomic E-state index is 0.119. The number of hydrogen-bond acceptors (Lipinski definition) is 6. The molecule has 1 aromatic carbocycles. The second kappa shape index (κ2) is 5.51. The van der Waals surface area contributed by atoms with Crippen molar-refractivity contribution < 1.29 is 17.7 Å². The Morgan fingerprint density at radius 2 is 2.00 bits per heavy atom. The van der Waals surface area contributed by atoms with Gasteiger partial charge in [0.25, 0.3) is 0 Å². The monoisotopic (exact) mass is 297 g/mol. The van der Waals surface area contributed by atoms with Crippen molar-refractivity contribution in [2.75, 3.05) is 12.8 Å². The third kappa shape index (κ3) is 2.91. The lowest BCUT2D eigenvalue weighted by atomic mass is 10.2. The van der Waals surface area contributed by atoms with Crippen molar-refractivity contribution >= 4 is 15.8 Å². The maximum absolute atomic E-state index is 12.1. The molecule has 108 valence electrons. The van der Waals surface area contributed by atoms with Crippen LogP contribution < -0.4 is 15.2 Å². The van der Waals surface area contributed by atoms with Gasteiger partial charge in [0.15, 0.2) is 16.5 Å². The summed E-state index contributed by atoms with van der Waals surface area (Å²) in [6.07, 6.45) is 0. The summed E-state index contributed by atoms with van der Waals surface area (Å²) in [5, 5.41) is 3.43. The van der Waals surface area contributed by atoms with E-state index < -0.39 is 10.0 Å². The van der Waals surface area contributed by atoms with Gasteiger partial charge < -0.3 is 15.0 Å². The van der Waals surface area contributed by atoms with Crippen LogP contribution in [-0.4, -0.2) is 20.7 Å². The van der Waals surface area contributed by atoms with Gasteiger partial charge in [0, 0.05) is 6.54 Å². The largest absolute Gasteiger partial charge is 0.497 e. The number of aryl methyl sites for hydroxylation is 1. The number of nitrogens with two attached hydrogens (primary N) is 1. The molecular weight excluding hydrogens is 282 g/mol. The van der Waals surface area contributed by atoms with Crippen LogP contribution in [0.25, 0.3) is 0 Å². The highest BCUT2D eigenvalue weighted by Crippen LogP contribution is 2.21. The molecule has 0 aliphatic rings. The fourth-order valence-corrected chi connectivity index (χ4v) is 2.93. The van der Waals surface area contributed by atoms with E-state index in [9.17, 15) is 8.42 Å². The van der Waals surface area contributed by atoms with Crippen LogP contribution >= 0.6 is 0 Å². The molecule has 0 bridgehead atoms.